The molecule has 0 aromatic heterocycles. The molecule has 1 aliphatic rings. The van der Waals surface area contributed by atoms with Crippen LogP contribution in [0, 0.1) is 0 Å². The highest BCUT2D eigenvalue weighted by molar-refractivity contribution is 9.10. The third-order valence-electron chi connectivity index (χ3n) is 3.00. The number of primary amides is 1. The largest absolute Gasteiger partial charge is 0.368 e. The number of halogens is 2. The normalized spacial score (nSPS) is 19.0. The van der Waals surface area contributed by atoms with E-state index in [0.29, 0.717) is 23.6 Å². The minimum atomic E-state index is -0.521. The van der Waals surface area contributed by atoms with Gasteiger partial charge in [-0.1, -0.05) is 27.5 Å². The van der Waals surface area contributed by atoms with E-state index in [1.54, 1.807) is 18.2 Å². The van der Waals surface area contributed by atoms with E-state index in [9.17, 15) is 9.59 Å². The Hall–Kier alpha value is -1.07. The Morgan fingerprint density at radius 1 is 1.44 bits per heavy atom. The van der Waals surface area contributed by atoms with Gasteiger partial charge >= 0.3 is 0 Å². The molecule has 96 valence electrons. The molecule has 0 radical (unpaired) electrons. The molecule has 0 bridgehead atoms. The lowest BCUT2D eigenvalue weighted by Gasteiger charge is -2.22. The number of nitrogens with zero attached hydrogens (tertiary/aromatic N) is 1. The zero-order valence-corrected chi connectivity index (χ0v) is 11.9. The fraction of sp³-hybridized carbons (Fsp3) is 0.333. The van der Waals surface area contributed by atoms with Crippen LogP contribution in [0.3, 0.4) is 0 Å². The smallest absolute Gasteiger partial charge is 0.256 e. The van der Waals surface area contributed by atoms with Gasteiger partial charge in [0.2, 0.25) is 5.91 Å². The number of rotatable bonds is 2. The van der Waals surface area contributed by atoms with E-state index in [1.807, 2.05) is 0 Å². The van der Waals surface area contributed by atoms with Gasteiger partial charge in [-0.25, -0.2) is 0 Å². The third-order valence-corrected chi connectivity index (χ3v) is 3.82. The van der Waals surface area contributed by atoms with Crippen LogP contribution in [0.15, 0.2) is 22.7 Å². The summed E-state index contributed by atoms with van der Waals surface area (Å²) in [6.07, 6.45) is 1.40. The van der Waals surface area contributed by atoms with Gasteiger partial charge in [0, 0.05) is 11.0 Å². The molecule has 1 aliphatic heterocycles. The zero-order chi connectivity index (χ0) is 13.3. The van der Waals surface area contributed by atoms with Gasteiger partial charge in [0.05, 0.1) is 10.6 Å². The summed E-state index contributed by atoms with van der Waals surface area (Å²) >= 11 is 9.31. The van der Waals surface area contributed by atoms with E-state index < -0.39 is 11.9 Å². The van der Waals surface area contributed by atoms with Gasteiger partial charge in [0.1, 0.15) is 6.04 Å². The maximum absolute atomic E-state index is 12.3. The van der Waals surface area contributed by atoms with Crippen LogP contribution in [0.2, 0.25) is 5.02 Å². The predicted molar refractivity (Wildman–Crippen MR) is 72.4 cm³/mol. The van der Waals surface area contributed by atoms with Crippen molar-refractivity contribution in [3.63, 3.8) is 0 Å². The Balaban J connectivity index is 2.31. The van der Waals surface area contributed by atoms with Gasteiger partial charge in [-0.05, 0) is 31.0 Å². The van der Waals surface area contributed by atoms with Crippen LogP contribution in [-0.4, -0.2) is 29.3 Å². The second-order valence-corrected chi connectivity index (χ2v) is 5.51. The van der Waals surface area contributed by atoms with Crippen LogP contribution >= 0.6 is 27.5 Å². The second-order valence-electron chi connectivity index (χ2n) is 4.18. The van der Waals surface area contributed by atoms with E-state index in [2.05, 4.69) is 15.9 Å². The molecule has 1 heterocycles. The first-order valence-corrected chi connectivity index (χ1v) is 6.73. The van der Waals surface area contributed by atoms with Crippen molar-refractivity contribution in [2.75, 3.05) is 6.54 Å². The first-order valence-electron chi connectivity index (χ1n) is 5.56. The number of hydrogen-bond acceptors (Lipinski definition) is 2. The summed E-state index contributed by atoms with van der Waals surface area (Å²) in [4.78, 5) is 25.1. The quantitative estimate of drug-likeness (QED) is 0.903. The lowest BCUT2D eigenvalue weighted by Crippen LogP contribution is -2.43. The van der Waals surface area contributed by atoms with Crippen LogP contribution in [0.4, 0.5) is 0 Å². The van der Waals surface area contributed by atoms with E-state index in [-0.39, 0.29) is 5.91 Å². The summed E-state index contributed by atoms with van der Waals surface area (Å²) < 4.78 is 0.769. The number of nitrogens with two attached hydrogens (primary N) is 1. The monoisotopic (exact) mass is 330 g/mol. The summed E-state index contributed by atoms with van der Waals surface area (Å²) in [5.74, 6) is -0.713. The highest BCUT2D eigenvalue weighted by Crippen LogP contribution is 2.26. The van der Waals surface area contributed by atoms with Crippen LogP contribution in [0.1, 0.15) is 23.2 Å². The van der Waals surface area contributed by atoms with Crippen molar-refractivity contribution in [3.05, 3.63) is 33.3 Å². The molecular weight excluding hydrogens is 320 g/mol. The van der Waals surface area contributed by atoms with Crippen molar-refractivity contribution in [1.29, 1.82) is 0 Å². The Bertz CT molecular complexity index is 507. The summed E-state index contributed by atoms with van der Waals surface area (Å²) in [6.45, 7) is 0.537. The molecular formula is C12H12BrClN2O2. The molecule has 0 unspecified atom stereocenters. The highest BCUT2D eigenvalue weighted by Gasteiger charge is 2.33. The standard InChI is InChI=1S/C12H12BrClN2O2/c13-7-3-4-9(14)8(6-7)12(18)16-5-1-2-10(16)11(15)17/h3-4,6,10H,1-2,5H2,(H2,15,17)/t10-/m1/s1. The third kappa shape index (κ3) is 2.52. The Morgan fingerprint density at radius 3 is 2.83 bits per heavy atom. The maximum Gasteiger partial charge on any atom is 0.256 e. The topological polar surface area (TPSA) is 63.4 Å². The van der Waals surface area contributed by atoms with E-state index >= 15 is 0 Å². The lowest BCUT2D eigenvalue weighted by molar-refractivity contribution is -0.121. The predicted octanol–water partition coefficient (Wildman–Crippen LogP) is 2.19. The number of carbonyl (C=O) groups is 2. The second kappa shape index (κ2) is 5.28. The van der Waals surface area contributed by atoms with Crippen molar-refractivity contribution in [2.45, 2.75) is 18.9 Å². The first-order chi connectivity index (χ1) is 8.50. The molecule has 1 atom stereocenters. The van der Waals surface area contributed by atoms with Crippen molar-refractivity contribution >= 4 is 39.3 Å². The minimum absolute atomic E-state index is 0.248. The van der Waals surface area contributed by atoms with Gasteiger partial charge in [-0.2, -0.15) is 0 Å². The molecule has 2 N–H and O–H groups in total. The number of amides is 2. The molecule has 2 rings (SSSR count). The fourth-order valence-electron chi connectivity index (χ4n) is 2.12. The first kappa shape index (κ1) is 13.4. The molecule has 0 aliphatic carbocycles. The molecule has 0 saturated carbocycles. The molecule has 4 nitrogen and oxygen atoms in total. The van der Waals surface area contributed by atoms with E-state index in [4.69, 9.17) is 17.3 Å². The van der Waals surface area contributed by atoms with Crippen molar-refractivity contribution in [1.82, 2.24) is 4.90 Å². The number of likely N-dealkylation sites (tertiary alicyclic amines) is 1. The molecule has 1 aromatic carbocycles. The average molecular weight is 332 g/mol. The maximum atomic E-state index is 12.3. The Kier molecular flexibility index (Phi) is 3.92. The van der Waals surface area contributed by atoms with Gasteiger partial charge in [-0.15, -0.1) is 0 Å². The van der Waals surface area contributed by atoms with E-state index in [1.165, 1.54) is 4.90 Å². The summed E-state index contributed by atoms with van der Waals surface area (Å²) in [5, 5.41) is 0.373. The minimum Gasteiger partial charge on any atom is -0.368 e. The molecule has 18 heavy (non-hydrogen) atoms. The van der Waals surface area contributed by atoms with Crippen molar-refractivity contribution in [2.24, 2.45) is 5.73 Å². The number of benzene rings is 1. The molecule has 2 amide bonds. The van der Waals surface area contributed by atoms with Crippen molar-refractivity contribution < 1.29 is 9.59 Å². The zero-order valence-electron chi connectivity index (χ0n) is 9.53. The SMILES string of the molecule is NC(=O)[C@H]1CCCN1C(=O)c1cc(Br)ccc1Cl. The number of carbonyl (C=O) groups excluding carboxylic acids is 2. The summed E-state index contributed by atoms with van der Waals surface area (Å²) in [5.41, 5.74) is 5.69. The van der Waals surface area contributed by atoms with Crippen LogP contribution in [0.25, 0.3) is 0 Å². The Morgan fingerprint density at radius 2 is 2.17 bits per heavy atom. The average Bonchev–Trinajstić information content (AvgIpc) is 2.80. The molecule has 6 heteroatoms. The van der Waals surface area contributed by atoms with Gasteiger partial charge in [0.15, 0.2) is 0 Å². The van der Waals surface area contributed by atoms with Gasteiger partial charge < -0.3 is 10.6 Å². The van der Waals surface area contributed by atoms with Gasteiger partial charge in [0.25, 0.3) is 5.91 Å². The fourth-order valence-corrected chi connectivity index (χ4v) is 2.68. The molecule has 0 spiro atoms. The Labute approximate surface area is 118 Å². The summed E-state index contributed by atoms with van der Waals surface area (Å²) in [7, 11) is 0. The number of hydrogen-bond donors (Lipinski definition) is 1. The van der Waals surface area contributed by atoms with Crippen molar-refractivity contribution in [3.8, 4) is 0 Å². The molecule has 1 saturated heterocycles. The van der Waals surface area contributed by atoms with Crippen LogP contribution in [-0.2, 0) is 4.79 Å². The van der Waals surface area contributed by atoms with E-state index in [0.717, 1.165) is 10.9 Å². The lowest BCUT2D eigenvalue weighted by atomic mass is 10.1. The van der Waals surface area contributed by atoms with Crippen LogP contribution in [0.5, 0.6) is 0 Å². The molecule has 1 aromatic rings. The molecule has 1 fully saturated rings. The van der Waals surface area contributed by atoms with Gasteiger partial charge in [-0.3, -0.25) is 9.59 Å². The summed E-state index contributed by atoms with van der Waals surface area (Å²) in [6, 6.07) is 4.54. The highest BCUT2D eigenvalue weighted by atomic mass is 79.9. The van der Waals surface area contributed by atoms with Crippen LogP contribution < -0.4 is 5.73 Å².